The second-order valence-electron chi connectivity index (χ2n) is 10.8. The van der Waals surface area contributed by atoms with E-state index < -0.39 is 17.0 Å². The number of imidazole rings is 1. The second kappa shape index (κ2) is 9.44. The van der Waals surface area contributed by atoms with Gasteiger partial charge >= 0.3 is 5.97 Å². The van der Waals surface area contributed by atoms with Gasteiger partial charge in [-0.05, 0) is 73.8 Å². The molecule has 0 spiro atoms. The Labute approximate surface area is 220 Å². The van der Waals surface area contributed by atoms with Gasteiger partial charge in [0.1, 0.15) is 12.1 Å². The third-order valence-electron chi connectivity index (χ3n) is 5.75. The zero-order valence-corrected chi connectivity index (χ0v) is 22.5. The fourth-order valence-electron chi connectivity index (χ4n) is 4.29. The highest BCUT2D eigenvalue weighted by Gasteiger charge is 2.38. The van der Waals surface area contributed by atoms with E-state index in [0.717, 1.165) is 16.8 Å². The van der Waals surface area contributed by atoms with Crippen molar-refractivity contribution in [2.75, 3.05) is 6.54 Å². The third-order valence-corrected chi connectivity index (χ3v) is 6.40. The molecule has 4 rings (SSSR count). The maximum absolute atomic E-state index is 12.5. The van der Waals surface area contributed by atoms with Gasteiger partial charge in [-0.3, -0.25) is 18.7 Å². The maximum atomic E-state index is 12.5. The zero-order chi connectivity index (χ0) is 26.4. The Balaban J connectivity index is 1.46. The van der Waals surface area contributed by atoms with Crippen LogP contribution in [0.2, 0.25) is 5.02 Å². The highest BCUT2D eigenvalue weighted by atomic mass is 35.5. The van der Waals surface area contributed by atoms with Crippen molar-refractivity contribution in [1.29, 1.82) is 0 Å². The highest BCUT2D eigenvalue weighted by molar-refractivity contribution is 7.71. The average Bonchev–Trinajstić information content (AvgIpc) is 3.38. The number of aromatic nitrogens is 2. The van der Waals surface area contributed by atoms with Gasteiger partial charge in [0.2, 0.25) is 5.91 Å². The normalized spacial score (nSPS) is 16.6. The summed E-state index contributed by atoms with van der Waals surface area (Å²) >= 11 is 11.7. The summed E-state index contributed by atoms with van der Waals surface area (Å²) in [5, 5.41) is 14.2. The van der Waals surface area contributed by atoms with Crippen molar-refractivity contribution >= 4 is 47.0 Å². The molecule has 2 aliphatic rings. The molecule has 192 valence electrons. The molecule has 1 atom stereocenters. The molecular weight excluding hydrogens is 502 g/mol. The standard InChI is InChI=1S/C26H30ClN3O5S/c1-25(2,3)35-21(32)13-28-20(31)12-26(4,5)14-29-22(33)23-30(24(29)36)18-10-16(11-19(18)34-23)15-6-8-17(27)9-7-15/h6-11,19,33H,12-14H2,1-5H3,(H,28,31). The lowest BCUT2D eigenvalue weighted by Crippen LogP contribution is -2.37. The number of esters is 1. The van der Waals surface area contributed by atoms with Crippen LogP contribution in [0, 0.1) is 10.2 Å². The lowest BCUT2D eigenvalue weighted by molar-refractivity contribution is -0.154. The fraction of sp³-hybridized carbons (Fsp3) is 0.423. The van der Waals surface area contributed by atoms with Gasteiger partial charge in [0.15, 0.2) is 10.9 Å². The molecule has 0 radical (unpaired) electrons. The molecule has 2 heterocycles. The highest BCUT2D eigenvalue weighted by Crippen LogP contribution is 2.45. The number of amides is 1. The number of ether oxygens (including phenoxy) is 2. The van der Waals surface area contributed by atoms with Crippen LogP contribution in [0.1, 0.15) is 46.6 Å². The molecule has 1 aliphatic carbocycles. The first-order valence-corrected chi connectivity index (χ1v) is 12.4. The number of fused-ring (bicyclic) bond motifs is 3. The van der Waals surface area contributed by atoms with Crippen LogP contribution in [0.5, 0.6) is 11.8 Å². The van der Waals surface area contributed by atoms with Gasteiger partial charge < -0.3 is 19.9 Å². The molecule has 2 aromatic rings. The third kappa shape index (κ3) is 5.52. The lowest BCUT2D eigenvalue weighted by atomic mass is 9.89. The molecule has 10 heteroatoms. The number of hydrogen-bond acceptors (Lipinski definition) is 6. The Hall–Kier alpha value is -3.04. The minimum absolute atomic E-state index is 0.0843. The number of nitrogens with one attached hydrogen (secondary N) is 1. The predicted octanol–water partition coefficient (Wildman–Crippen LogP) is 4.95. The van der Waals surface area contributed by atoms with E-state index in [2.05, 4.69) is 5.32 Å². The van der Waals surface area contributed by atoms with Crippen LogP contribution in [-0.4, -0.2) is 44.4 Å². The van der Waals surface area contributed by atoms with Crippen LogP contribution in [0.15, 0.2) is 36.4 Å². The largest absolute Gasteiger partial charge is 0.491 e. The molecule has 0 bridgehead atoms. The molecule has 0 fully saturated rings. The van der Waals surface area contributed by atoms with Gasteiger partial charge in [0.05, 0.1) is 5.70 Å². The quantitative estimate of drug-likeness (QED) is 0.388. The van der Waals surface area contributed by atoms with Crippen molar-refractivity contribution in [2.45, 2.75) is 59.3 Å². The summed E-state index contributed by atoms with van der Waals surface area (Å²) in [5.41, 5.74) is 1.61. The van der Waals surface area contributed by atoms with Crippen molar-refractivity contribution in [2.24, 2.45) is 5.41 Å². The molecule has 1 amide bonds. The summed E-state index contributed by atoms with van der Waals surface area (Å²) in [6.07, 6.45) is 3.73. The molecule has 0 saturated heterocycles. The molecular formula is C26H30ClN3O5S. The number of aromatic hydroxyl groups is 1. The first-order valence-electron chi connectivity index (χ1n) is 11.6. The topological polar surface area (TPSA) is 94.7 Å². The summed E-state index contributed by atoms with van der Waals surface area (Å²) in [5.74, 6) is -0.595. The van der Waals surface area contributed by atoms with Gasteiger partial charge in [-0.25, -0.2) is 0 Å². The van der Waals surface area contributed by atoms with Crippen LogP contribution >= 0.6 is 23.8 Å². The van der Waals surface area contributed by atoms with Crippen molar-refractivity contribution < 1.29 is 24.2 Å². The Kier molecular flexibility index (Phi) is 6.83. The van der Waals surface area contributed by atoms with E-state index in [0.29, 0.717) is 9.79 Å². The summed E-state index contributed by atoms with van der Waals surface area (Å²) < 4.78 is 14.9. The number of nitrogens with zero attached hydrogens (tertiary/aromatic N) is 2. The van der Waals surface area contributed by atoms with Crippen molar-refractivity contribution in [3.05, 3.63) is 51.8 Å². The number of carbonyl (C=O) groups is 2. The zero-order valence-electron chi connectivity index (χ0n) is 20.9. The second-order valence-corrected chi connectivity index (χ2v) is 11.6. The van der Waals surface area contributed by atoms with Crippen LogP contribution in [-0.2, 0) is 20.9 Å². The Bertz CT molecular complexity index is 1330. The van der Waals surface area contributed by atoms with Gasteiger partial charge in [0.25, 0.3) is 11.8 Å². The SMILES string of the molecule is CC(C)(CC(=O)NCC(=O)OC(C)(C)C)Cn1c(O)c2n(c1=S)C1=CC(c3ccc(Cl)cc3)=CC1O2. The van der Waals surface area contributed by atoms with E-state index in [4.69, 9.17) is 33.3 Å². The van der Waals surface area contributed by atoms with E-state index in [1.54, 1.807) is 29.9 Å². The van der Waals surface area contributed by atoms with Gasteiger partial charge in [-0.2, -0.15) is 0 Å². The number of rotatable bonds is 7. The van der Waals surface area contributed by atoms with Crippen molar-refractivity contribution in [3.8, 4) is 11.8 Å². The Morgan fingerprint density at radius 3 is 2.50 bits per heavy atom. The van der Waals surface area contributed by atoms with Crippen LogP contribution in [0.25, 0.3) is 11.3 Å². The number of hydrogen-bond donors (Lipinski definition) is 2. The van der Waals surface area contributed by atoms with Gasteiger partial charge in [-0.15, -0.1) is 0 Å². The minimum Gasteiger partial charge on any atom is -0.491 e. The van der Waals surface area contributed by atoms with Crippen LogP contribution in [0.3, 0.4) is 0 Å². The Morgan fingerprint density at radius 2 is 1.86 bits per heavy atom. The molecule has 2 N–H and O–H groups in total. The number of halogens is 1. The number of allylic oxidation sites excluding steroid dienone is 2. The average molecular weight is 532 g/mol. The molecule has 36 heavy (non-hydrogen) atoms. The van der Waals surface area contributed by atoms with E-state index in [9.17, 15) is 14.7 Å². The lowest BCUT2D eigenvalue weighted by Gasteiger charge is -2.25. The summed E-state index contributed by atoms with van der Waals surface area (Å²) in [6, 6.07) is 7.53. The van der Waals surface area contributed by atoms with Gasteiger partial charge in [-0.1, -0.05) is 37.6 Å². The molecule has 0 saturated carbocycles. The van der Waals surface area contributed by atoms with Crippen LogP contribution in [0.4, 0.5) is 0 Å². The Morgan fingerprint density at radius 1 is 1.19 bits per heavy atom. The van der Waals surface area contributed by atoms with E-state index in [1.807, 2.05) is 50.3 Å². The summed E-state index contributed by atoms with van der Waals surface area (Å²) in [6.45, 7) is 9.15. The summed E-state index contributed by atoms with van der Waals surface area (Å²) in [4.78, 5) is 24.4. The van der Waals surface area contributed by atoms with Crippen molar-refractivity contribution in [3.63, 3.8) is 0 Å². The molecule has 1 aromatic heterocycles. The molecule has 8 nitrogen and oxygen atoms in total. The molecule has 1 aliphatic heterocycles. The first-order chi connectivity index (χ1) is 16.7. The first kappa shape index (κ1) is 26.0. The fourth-order valence-corrected chi connectivity index (χ4v) is 4.75. The summed E-state index contributed by atoms with van der Waals surface area (Å²) in [7, 11) is 0. The van der Waals surface area contributed by atoms with Crippen LogP contribution < -0.4 is 10.1 Å². The molecule has 1 aromatic carbocycles. The predicted molar refractivity (Wildman–Crippen MR) is 140 cm³/mol. The smallest absolute Gasteiger partial charge is 0.325 e. The number of carbonyl (C=O) groups excluding carboxylic acids is 2. The number of benzene rings is 1. The minimum atomic E-state index is -0.619. The molecule has 1 unspecified atom stereocenters. The monoisotopic (exact) mass is 531 g/mol. The van der Waals surface area contributed by atoms with E-state index in [-0.39, 0.29) is 43.3 Å². The van der Waals surface area contributed by atoms with E-state index in [1.165, 1.54) is 0 Å². The van der Waals surface area contributed by atoms with E-state index >= 15 is 0 Å². The van der Waals surface area contributed by atoms with Gasteiger partial charge in [0, 0.05) is 18.0 Å². The maximum Gasteiger partial charge on any atom is 0.325 e. The van der Waals surface area contributed by atoms with Crippen molar-refractivity contribution in [1.82, 2.24) is 14.5 Å².